The summed E-state index contributed by atoms with van der Waals surface area (Å²) < 4.78 is 121. The van der Waals surface area contributed by atoms with Crippen LogP contribution in [0.15, 0.2) is 44.4 Å². The Balaban J connectivity index is 1.35. The zero-order chi connectivity index (χ0) is 32.3. The van der Waals surface area contributed by atoms with Crippen molar-refractivity contribution in [3.8, 4) is 22.9 Å². The van der Waals surface area contributed by atoms with Crippen molar-refractivity contribution in [1.82, 2.24) is 25.3 Å². The zero-order valence-electron chi connectivity index (χ0n) is 22.3. The first kappa shape index (κ1) is 30.4. The summed E-state index contributed by atoms with van der Waals surface area (Å²) >= 11 is 0. The summed E-state index contributed by atoms with van der Waals surface area (Å²) in [6.07, 6.45) is -7.20. The average Bonchev–Trinajstić information content (AvgIpc) is 3.65. The number of hydrogen-bond donors (Lipinski definition) is 1. The molecule has 0 aliphatic carbocycles. The number of fused-ring (bicyclic) bond motifs is 1. The number of nitrogens with zero attached hydrogens (tertiary/aromatic N) is 7. The second-order valence-electron chi connectivity index (χ2n) is 9.89. The summed E-state index contributed by atoms with van der Waals surface area (Å²) in [5, 5.41) is 6.89. The van der Waals surface area contributed by atoms with Gasteiger partial charge in [0.15, 0.2) is 9.84 Å². The van der Waals surface area contributed by atoms with E-state index in [0.717, 1.165) is 15.9 Å². The number of morpholine rings is 1. The first-order valence-corrected chi connectivity index (χ1v) is 14.4. The lowest BCUT2D eigenvalue weighted by atomic mass is 10.1. The molecule has 2 aliphatic rings. The molecule has 0 unspecified atom stereocenters. The second kappa shape index (κ2) is 10.8. The third-order valence-electron chi connectivity index (χ3n) is 6.70. The number of carbonyl (C=O) groups excluding carboxylic acids is 1. The molecule has 1 saturated heterocycles. The number of nitrogens with two attached hydrogens (primary N) is 1. The predicted molar refractivity (Wildman–Crippen MR) is 137 cm³/mol. The normalized spacial score (nSPS) is 19.8. The summed E-state index contributed by atoms with van der Waals surface area (Å²) in [7, 11) is -4.32. The van der Waals surface area contributed by atoms with Crippen LogP contribution in [-0.4, -0.2) is 77.2 Å². The van der Waals surface area contributed by atoms with E-state index in [4.69, 9.17) is 10.3 Å². The van der Waals surface area contributed by atoms with Crippen molar-refractivity contribution in [2.45, 2.75) is 29.8 Å². The molecule has 2 aliphatic heterocycles. The van der Waals surface area contributed by atoms with Crippen LogP contribution >= 0.6 is 0 Å². The standard InChI is InChI=1S/C24H18F6N8O6S/c25-13-6-17-16(5-12(13)18-34-22(44-35-18)37-3-4-42-23(26,27)10-37)38(20(39)14(31)9-45(17,40)41)8-11-1-2-15(32-7-11)19-33-21(43-36-19)24(28,29)30/h1-2,5-7,14H,3-4,8-10,31H2/t14-/m0/s1. The highest BCUT2D eigenvalue weighted by molar-refractivity contribution is 7.91. The van der Waals surface area contributed by atoms with E-state index in [1.807, 2.05) is 0 Å². The van der Waals surface area contributed by atoms with Gasteiger partial charge in [0.25, 0.3) is 0 Å². The Morgan fingerprint density at radius 1 is 1.09 bits per heavy atom. The molecular formula is C24H18F6N8O6S. The van der Waals surface area contributed by atoms with Gasteiger partial charge in [-0.1, -0.05) is 16.4 Å². The van der Waals surface area contributed by atoms with Gasteiger partial charge in [-0.25, -0.2) is 12.8 Å². The van der Waals surface area contributed by atoms with Crippen molar-refractivity contribution in [3.05, 3.63) is 47.7 Å². The van der Waals surface area contributed by atoms with E-state index in [-0.39, 0.29) is 42.7 Å². The Bertz CT molecular complexity index is 1880. The van der Waals surface area contributed by atoms with Crippen LogP contribution in [0.3, 0.4) is 0 Å². The molecule has 2 N–H and O–H groups in total. The van der Waals surface area contributed by atoms with Gasteiger partial charge in [-0.3, -0.25) is 9.78 Å². The monoisotopic (exact) mass is 660 g/mol. The zero-order valence-corrected chi connectivity index (χ0v) is 23.1. The van der Waals surface area contributed by atoms with Gasteiger partial charge < -0.3 is 29.3 Å². The van der Waals surface area contributed by atoms with Crippen molar-refractivity contribution in [2.24, 2.45) is 5.73 Å². The minimum absolute atomic E-state index is 0.0364. The molecular weight excluding hydrogens is 642 g/mol. The molecule has 6 rings (SSSR count). The minimum Gasteiger partial charge on any atom is -0.329 e. The van der Waals surface area contributed by atoms with Crippen LogP contribution in [-0.2, 0) is 32.1 Å². The lowest BCUT2D eigenvalue weighted by Crippen LogP contribution is -2.46. The molecule has 1 aromatic carbocycles. The number of hydrogen-bond acceptors (Lipinski definition) is 13. The molecule has 1 fully saturated rings. The average molecular weight is 661 g/mol. The van der Waals surface area contributed by atoms with Crippen molar-refractivity contribution >= 4 is 27.4 Å². The van der Waals surface area contributed by atoms with Crippen LogP contribution in [0.2, 0.25) is 0 Å². The SMILES string of the molecule is N[C@H]1CS(=O)(=O)c2cc(F)c(-c3noc(N4CCOC(F)(F)C4)n3)cc2N(Cc2ccc(-c3noc(C(F)(F)F)n3)nc2)C1=O. The third kappa shape index (κ3) is 5.92. The van der Waals surface area contributed by atoms with E-state index in [1.54, 1.807) is 0 Å². The summed E-state index contributed by atoms with van der Waals surface area (Å²) in [6, 6.07) is 2.32. The predicted octanol–water partition coefficient (Wildman–Crippen LogP) is 2.42. The molecule has 1 amide bonds. The number of halogens is 6. The molecule has 238 valence electrons. The van der Waals surface area contributed by atoms with Crippen LogP contribution in [0.5, 0.6) is 0 Å². The van der Waals surface area contributed by atoms with Crippen molar-refractivity contribution in [2.75, 3.05) is 35.2 Å². The fourth-order valence-corrected chi connectivity index (χ4v) is 6.16. The van der Waals surface area contributed by atoms with E-state index in [0.29, 0.717) is 6.07 Å². The fourth-order valence-electron chi connectivity index (χ4n) is 4.60. The van der Waals surface area contributed by atoms with E-state index in [1.165, 1.54) is 18.3 Å². The summed E-state index contributed by atoms with van der Waals surface area (Å²) in [5.74, 6) is -5.30. The molecule has 0 saturated carbocycles. The fraction of sp³-hybridized carbons (Fsp3) is 0.333. The molecule has 45 heavy (non-hydrogen) atoms. The first-order chi connectivity index (χ1) is 21.1. The van der Waals surface area contributed by atoms with Crippen molar-refractivity contribution in [1.29, 1.82) is 0 Å². The molecule has 5 heterocycles. The number of anilines is 2. The highest BCUT2D eigenvalue weighted by atomic mass is 32.2. The van der Waals surface area contributed by atoms with Crippen molar-refractivity contribution < 1.29 is 53.3 Å². The summed E-state index contributed by atoms with van der Waals surface area (Å²) in [4.78, 5) is 26.0. The van der Waals surface area contributed by atoms with E-state index in [9.17, 15) is 35.2 Å². The van der Waals surface area contributed by atoms with Gasteiger partial charge in [-0.05, 0) is 23.8 Å². The number of aromatic nitrogens is 5. The van der Waals surface area contributed by atoms with E-state index in [2.05, 4.69) is 34.5 Å². The number of pyridine rings is 1. The van der Waals surface area contributed by atoms with Gasteiger partial charge in [-0.15, -0.1) is 0 Å². The largest absolute Gasteiger partial charge is 0.471 e. The maximum atomic E-state index is 15.4. The van der Waals surface area contributed by atoms with Crippen LogP contribution in [0.25, 0.3) is 22.9 Å². The lowest BCUT2D eigenvalue weighted by molar-refractivity contribution is -0.240. The second-order valence-corrected chi connectivity index (χ2v) is 11.9. The van der Waals surface area contributed by atoms with E-state index >= 15 is 4.39 Å². The Morgan fingerprint density at radius 2 is 1.84 bits per heavy atom. The Morgan fingerprint density at radius 3 is 2.51 bits per heavy atom. The van der Waals surface area contributed by atoms with E-state index < -0.39 is 80.2 Å². The van der Waals surface area contributed by atoms with Gasteiger partial charge in [0, 0.05) is 12.7 Å². The number of alkyl halides is 5. The van der Waals surface area contributed by atoms with Gasteiger partial charge in [0.2, 0.25) is 17.6 Å². The number of amides is 1. The molecule has 4 aromatic rings. The number of ether oxygens (including phenoxy) is 1. The molecule has 3 aromatic heterocycles. The third-order valence-corrected chi connectivity index (χ3v) is 8.49. The van der Waals surface area contributed by atoms with Crippen LogP contribution in [0, 0.1) is 5.82 Å². The summed E-state index contributed by atoms with van der Waals surface area (Å²) in [5.41, 5.74) is 5.33. The van der Waals surface area contributed by atoms with Gasteiger partial charge in [-0.2, -0.15) is 31.9 Å². The molecule has 0 spiro atoms. The Hall–Kier alpha value is -4.63. The minimum atomic E-state index is -4.87. The summed E-state index contributed by atoms with van der Waals surface area (Å²) in [6.45, 7) is -1.67. The maximum absolute atomic E-state index is 15.4. The number of rotatable bonds is 5. The molecule has 14 nitrogen and oxygen atoms in total. The van der Waals surface area contributed by atoms with Crippen LogP contribution in [0.1, 0.15) is 11.5 Å². The number of sulfone groups is 1. The highest BCUT2D eigenvalue weighted by Gasteiger charge is 2.41. The van der Waals surface area contributed by atoms with Gasteiger partial charge in [0.05, 0.1) is 41.1 Å². The molecule has 1 atom stereocenters. The highest BCUT2D eigenvalue weighted by Crippen LogP contribution is 2.37. The smallest absolute Gasteiger partial charge is 0.329 e. The maximum Gasteiger partial charge on any atom is 0.471 e. The first-order valence-electron chi connectivity index (χ1n) is 12.7. The Kier molecular flexibility index (Phi) is 7.27. The number of benzene rings is 1. The molecule has 0 radical (unpaired) electrons. The lowest BCUT2D eigenvalue weighted by Gasteiger charge is -2.30. The van der Waals surface area contributed by atoms with Crippen LogP contribution in [0.4, 0.5) is 38.0 Å². The Labute approximate surface area is 247 Å². The number of carbonyl (C=O) groups is 1. The van der Waals surface area contributed by atoms with Gasteiger partial charge >= 0.3 is 24.2 Å². The van der Waals surface area contributed by atoms with Gasteiger partial charge in [0.1, 0.15) is 18.1 Å². The molecule has 21 heteroatoms. The quantitative estimate of drug-likeness (QED) is 0.308. The van der Waals surface area contributed by atoms with Crippen molar-refractivity contribution in [3.63, 3.8) is 0 Å². The molecule has 0 bridgehead atoms. The van der Waals surface area contributed by atoms with Crippen LogP contribution < -0.4 is 15.5 Å². The topological polar surface area (TPSA) is 184 Å².